The molecule has 2 rings (SSSR count). The third-order valence-electron chi connectivity index (χ3n) is 2.64. The second-order valence-corrected chi connectivity index (χ2v) is 6.21. The van der Waals surface area contributed by atoms with Crippen molar-refractivity contribution in [3.05, 3.63) is 29.8 Å². The highest BCUT2D eigenvalue weighted by atomic mass is 32.2. The number of hydrogen-bond acceptors (Lipinski definition) is 3. The van der Waals surface area contributed by atoms with Gasteiger partial charge in [-0.25, -0.2) is 12.7 Å². The number of H-pyrrole nitrogens is 1. The maximum Gasteiger partial charge on any atom is 0.258 e. The molecule has 1 aromatic carbocycles. The van der Waals surface area contributed by atoms with Crippen molar-refractivity contribution < 1.29 is 13.2 Å². The van der Waals surface area contributed by atoms with Gasteiger partial charge in [0.15, 0.2) is 0 Å². The minimum Gasteiger partial charge on any atom is -0.366 e. The Kier molecular flexibility index (Phi) is 2.88. The van der Waals surface area contributed by atoms with E-state index in [9.17, 15) is 13.2 Å². The summed E-state index contributed by atoms with van der Waals surface area (Å²) in [6.07, 6.45) is 0. The number of aromatic nitrogens is 1. The Morgan fingerprint density at radius 1 is 1.28 bits per heavy atom. The molecule has 0 saturated heterocycles. The first-order chi connectivity index (χ1) is 8.32. The average molecular weight is 267 g/mol. The van der Waals surface area contributed by atoms with Crippen LogP contribution >= 0.6 is 0 Å². The molecule has 0 unspecified atom stereocenters. The van der Waals surface area contributed by atoms with Gasteiger partial charge in [0.05, 0.1) is 0 Å². The van der Waals surface area contributed by atoms with Gasteiger partial charge in [0.25, 0.3) is 10.0 Å². The normalized spacial score (nSPS) is 12.2. The molecule has 96 valence electrons. The molecule has 3 N–H and O–H groups in total. The Labute approximate surface area is 104 Å². The Balaban J connectivity index is 2.62. The van der Waals surface area contributed by atoms with Crippen LogP contribution in [0.3, 0.4) is 0 Å². The number of fused-ring (bicyclic) bond motifs is 1. The van der Waals surface area contributed by atoms with Gasteiger partial charge in [0.1, 0.15) is 5.03 Å². The molecule has 0 aliphatic heterocycles. The topological polar surface area (TPSA) is 96.3 Å². The van der Waals surface area contributed by atoms with Crippen LogP contribution in [0, 0.1) is 0 Å². The van der Waals surface area contributed by atoms with E-state index in [1.807, 2.05) is 0 Å². The van der Waals surface area contributed by atoms with E-state index in [0.717, 1.165) is 4.31 Å². The number of amides is 1. The summed E-state index contributed by atoms with van der Waals surface area (Å²) in [6.45, 7) is 0. The minimum absolute atomic E-state index is 0.0871. The molecule has 1 heterocycles. The van der Waals surface area contributed by atoms with E-state index >= 15 is 0 Å². The third-order valence-corrected chi connectivity index (χ3v) is 4.38. The summed E-state index contributed by atoms with van der Waals surface area (Å²) < 4.78 is 25.0. The van der Waals surface area contributed by atoms with Gasteiger partial charge in [-0.05, 0) is 18.2 Å². The SMILES string of the molecule is CN(C)S(=O)(=O)c1cc2ccc(C(N)=O)cc2[nH]1. The van der Waals surface area contributed by atoms with Crippen molar-refractivity contribution in [3.8, 4) is 0 Å². The lowest BCUT2D eigenvalue weighted by atomic mass is 10.1. The molecule has 0 aliphatic rings. The number of benzene rings is 1. The van der Waals surface area contributed by atoms with Crippen LogP contribution in [0.15, 0.2) is 29.3 Å². The van der Waals surface area contributed by atoms with Crippen molar-refractivity contribution >= 4 is 26.8 Å². The molecule has 0 fully saturated rings. The average Bonchev–Trinajstić information content (AvgIpc) is 2.71. The van der Waals surface area contributed by atoms with Crippen molar-refractivity contribution in [3.63, 3.8) is 0 Å². The lowest BCUT2D eigenvalue weighted by Gasteiger charge is -2.08. The Morgan fingerprint density at radius 3 is 2.50 bits per heavy atom. The first-order valence-corrected chi connectivity index (χ1v) is 6.61. The summed E-state index contributed by atoms with van der Waals surface area (Å²) >= 11 is 0. The monoisotopic (exact) mass is 267 g/mol. The van der Waals surface area contributed by atoms with Crippen molar-refractivity contribution in [2.45, 2.75) is 5.03 Å². The number of carbonyl (C=O) groups excluding carboxylic acids is 1. The highest BCUT2D eigenvalue weighted by molar-refractivity contribution is 7.89. The molecule has 6 nitrogen and oxygen atoms in total. The van der Waals surface area contributed by atoms with Crippen LogP contribution in [0.2, 0.25) is 0 Å². The highest BCUT2D eigenvalue weighted by Gasteiger charge is 2.19. The molecule has 0 spiro atoms. The molecule has 18 heavy (non-hydrogen) atoms. The van der Waals surface area contributed by atoms with E-state index in [1.165, 1.54) is 26.2 Å². The molecular weight excluding hydrogens is 254 g/mol. The molecule has 1 aromatic heterocycles. The molecule has 0 aliphatic carbocycles. The minimum atomic E-state index is -3.51. The molecule has 2 aromatic rings. The van der Waals surface area contributed by atoms with E-state index < -0.39 is 15.9 Å². The number of rotatable bonds is 3. The third kappa shape index (κ3) is 1.98. The number of nitrogens with one attached hydrogen (secondary N) is 1. The molecule has 0 bridgehead atoms. The number of nitrogens with two attached hydrogens (primary N) is 1. The van der Waals surface area contributed by atoms with Gasteiger partial charge in [-0.2, -0.15) is 0 Å². The van der Waals surface area contributed by atoms with Gasteiger partial charge in [0.2, 0.25) is 5.91 Å². The van der Waals surface area contributed by atoms with E-state index in [0.29, 0.717) is 16.5 Å². The molecule has 1 amide bonds. The lowest BCUT2D eigenvalue weighted by Crippen LogP contribution is -2.22. The zero-order valence-corrected chi connectivity index (χ0v) is 10.8. The van der Waals surface area contributed by atoms with Gasteiger partial charge in [-0.15, -0.1) is 0 Å². The number of nitrogens with zero attached hydrogens (tertiary/aromatic N) is 1. The fraction of sp³-hybridized carbons (Fsp3) is 0.182. The van der Waals surface area contributed by atoms with Crippen molar-refractivity contribution in [1.29, 1.82) is 0 Å². The summed E-state index contributed by atoms with van der Waals surface area (Å²) in [5, 5.41) is 0.796. The maximum absolute atomic E-state index is 11.9. The summed E-state index contributed by atoms with van der Waals surface area (Å²) in [7, 11) is -0.602. The smallest absolute Gasteiger partial charge is 0.258 e. The first-order valence-electron chi connectivity index (χ1n) is 5.17. The highest BCUT2D eigenvalue weighted by Crippen LogP contribution is 2.21. The Morgan fingerprint density at radius 2 is 1.94 bits per heavy atom. The van der Waals surface area contributed by atoms with Crippen LogP contribution in [0.25, 0.3) is 10.9 Å². The van der Waals surface area contributed by atoms with Gasteiger partial charge < -0.3 is 10.7 Å². The van der Waals surface area contributed by atoms with E-state index in [2.05, 4.69) is 4.98 Å². The summed E-state index contributed by atoms with van der Waals surface area (Å²) in [4.78, 5) is 13.8. The summed E-state index contributed by atoms with van der Waals surface area (Å²) in [5.41, 5.74) is 6.06. The van der Waals surface area contributed by atoms with E-state index in [4.69, 9.17) is 5.73 Å². The van der Waals surface area contributed by atoms with Gasteiger partial charge >= 0.3 is 0 Å². The van der Waals surface area contributed by atoms with Gasteiger partial charge in [-0.1, -0.05) is 6.07 Å². The van der Waals surface area contributed by atoms with Crippen molar-refractivity contribution in [2.24, 2.45) is 5.73 Å². The zero-order chi connectivity index (χ0) is 13.5. The number of hydrogen-bond donors (Lipinski definition) is 2. The number of aromatic amines is 1. The fourth-order valence-electron chi connectivity index (χ4n) is 1.59. The van der Waals surface area contributed by atoms with Crippen LogP contribution in [0.5, 0.6) is 0 Å². The number of sulfonamides is 1. The second-order valence-electron chi connectivity index (χ2n) is 4.09. The standard InChI is InChI=1S/C11H13N3O3S/c1-14(2)18(16,17)10-6-7-3-4-8(11(12)15)5-9(7)13-10/h3-6,13H,1-2H3,(H2,12,15). The molecule has 0 radical (unpaired) electrons. The molecule has 7 heteroatoms. The second kappa shape index (κ2) is 4.11. The van der Waals surface area contributed by atoms with Crippen molar-refractivity contribution in [1.82, 2.24) is 9.29 Å². The first kappa shape index (κ1) is 12.6. The number of primary amides is 1. The predicted molar refractivity (Wildman–Crippen MR) is 67.7 cm³/mol. The molecule has 0 saturated carbocycles. The maximum atomic E-state index is 11.9. The van der Waals surface area contributed by atoms with Crippen molar-refractivity contribution in [2.75, 3.05) is 14.1 Å². The predicted octanol–water partition coefficient (Wildman–Crippen LogP) is 0.517. The number of carbonyl (C=O) groups is 1. The summed E-state index contributed by atoms with van der Waals surface area (Å²) in [5.74, 6) is -0.552. The van der Waals surface area contributed by atoms with Crippen LogP contribution in [-0.2, 0) is 10.0 Å². The quantitative estimate of drug-likeness (QED) is 0.848. The fourth-order valence-corrected chi connectivity index (χ4v) is 2.50. The zero-order valence-electron chi connectivity index (χ0n) is 9.97. The van der Waals surface area contributed by atoms with E-state index in [-0.39, 0.29) is 5.03 Å². The van der Waals surface area contributed by atoms with Gasteiger partial charge in [-0.3, -0.25) is 4.79 Å². The Hall–Kier alpha value is -1.86. The van der Waals surface area contributed by atoms with Crippen LogP contribution in [0.1, 0.15) is 10.4 Å². The van der Waals surface area contributed by atoms with Gasteiger partial charge in [0, 0.05) is 30.6 Å². The van der Waals surface area contributed by atoms with Crippen LogP contribution < -0.4 is 5.73 Å². The molecule has 0 atom stereocenters. The lowest BCUT2D eigenvalue weighted by molar-refractivity contribution is 0.100. The largest absolute Gasteiger partial charge is 0.366 e. The Bertz CT molecular complexity index is 716. The summed E-state index contributed by atoms with van der Waals surface area (Å²) in [6, 6.07) is 6.27. The van der Waals surface area contributed by atoms with Crippen LogP contribution in [-0.4, -0.2) is 37.7 Å². The van der Waals surface area contributed by atoms with Crippen LogP contribution in [0.4, 0.5) is 0 Å². The molecular formula is C11H13N3O3S. The van der Waals surface area contributed by atoms with E-state index in [1.54, 1.807) is 12.1 Å².